The summed E-state index contributed by atoms with van der Waals surface area (Å²) in [5.74, 6) is 1.24. The molecule has 3 heterocycles. The molecule has 1 aromatic heterocycles. The molecule has 26 heavy (non-hydrogen) atoms. The Labute approximate surface area is 156 Å². The number of carbonyl (C=O) groups is 1. The Bertz CT molecular complexity index is 802. The van der Waals surface area contributed by atoms with E-state index in [0.717, 1.165) is 49.2 Å². The molecule has 4 rings (SSSR count). The van der Waals surface area contributed by atoms with Gasteiger partial charge >= 0.3 is 0 Å². The number of nitrogens with zero attached hydrogens (tertiary/aromatic N) is 2. The second-order valence-electron chi connectivity index (χ2n) is 6.31. The van der Waals surface area contributed by atoms with E-state index < -0.39 is 0 Å². The molecule has 0 spiro atoms. The van der Waals surface area contributed by atoms with Gasteiger partial charge in [-0.05, 0) is 19.1 Å². The molecule has 2 N–H and O–H groups in total. The van der Waals surface area contributed by atoms with Crippen molar-refractivity contribution in [2.24, 2.45) is 0 Å². The maximum absolute atomic E-state index is 12.7. The number of aryl methyl sites for hydroxylation is 1. The third-order valence-corrected chi connectivity index (χ3v) is 5.60. The van der Waals surface area contributed by atoms with Crippen molar-refractivity contribution < 1.29 is 14.3 Å². The lowest BCUT2D eigenvalue weighted by Crippen LogP contribution is -2.43. The Hall–Kier alpha value is -2.32. The Morgan fingerprint density at radius 3 is 2.81 bits per heavy atom. The third kappa shape index (κ3) is 3.61. The van der Waals surface area contributed by atoms with Crippen molar-refractivity contribution in [1.29, 1.82) is 0 Å². The third-order valence-electron chi connectivity index (χ3n) is 4.38. The minimum atomic E-state index is -0.143. The maximum atomic E-state index is 12.7. The van der Waals surface area contributed by atoms with Crippen LogP contribution in [0.5, 0.6) is 11.5 Å². The quantitative estimate of drug-likeness (QED) is 0.858. The van der Waals surface area contributed by atoms with E-state index in [1.54, 1.807) is 0 Å². The molecule has 0 aliphatic carbocycles. The van der Waals surface area contributed by atoms with Crippen molar-refractivity contribution in [2.75, 3.05) is 49.6 Å². The van der Waals surface area contributed by atoms with E-state index in [1.165, 1.54) is 11.3 Å². The van der Waals surface area contributed by atoms with E-state index in [-0.39, 0.29) is 5.91 Å². The van der Waals surface area contributed by atoms with Crippen LogP contribution in [0.3, 0.4) is 0 Å². The lowest BCUT2D eigenvalue weighted by Gasteiger charge is -2.26. The lowest BCUT2D eigenvalue weighted by molar-refractivity contribution is 0.103. The number of carbonyl (C=O) groups excluding carboxylic acids is 1. The molecule has 0 saturated carbocycles. The van der Waals surface area contributed by atoms with Gasteiger partial charge in [-0.2, -0.15) is 0 Å². The molecule has 0 radical (unpaired) electrons. The van der Waals surface area contributed by atoms with Crippen LogP contribution in [-0.4, -0.2) is 50.3 Å². The zero-order valence-corrected chi connectivity index (χ0v) is 15.5. The fourth-order valence-electron chi connectivity index (χ4n) is 3.01. The molecule has 2 aromatic rings. The van der Waals surface area contributed by atoms with Gasteiger partial charge in [0.1, 0.15) is 4.88 Å². The molecule has 1 fully saturated rings. The number of ether oxygens (including phenoxy) is 2. The summed E-state index contributed by atoms with van der Waals surface area (Å²) in [7, 11) is 0. The van der Waals surface area contributed by atoms with Gasteiger partial charge in [-0.15, -0.1) is 0 Å². The SMILES string of the molecule is Cc1nc(N2CCNCC2)sc1C(=O)Nc1ccc2c(c1)OCCCO2. The number of benzene rings is 1. The number of rotatable bonds is 3. The Kier molecular flexibility index (Phi) is 4.94. The van der Waals surface area contributed by atoms with E-state index in [9.17, 15) is 4.79 Å². The lowest BCUT2D eigenvalue weighted by atomic mass is 10.2. The van der Waals surface area contributed by atoms with Crippen molar-refractivity contribution in [2.45, 2.75) is 13.3 Å². The van der Waals surface area contributed by atoms with Gasteiger partial charge in [-0.25, -0.2) is 4.98 Å². The summed E-state index contributed by atoms with van der Waals surface area (Å²) < 4.78 is 11.3. The molecule has 1 saturated heterocycles. The van der Waals surface area contributed by atoms with Gasteiger partial charge in [0.05, 0.1) is 18.9 Å². The molecule has 0 atom stereocenters. The summed E-state index contributed by atoms with van der Waals surface area (Å²) in [6, 6.07) is 5.48. The second-order valence-corrected chi connectivity index (χ2v) is 7.29. The fourth-order valence-corrected chi connectivity index (χ4v) is 4.03. The highest BCUT2D eigenvalue weighted by Gasteiger charge is 2.21. The van der Waals surface area contributed by atoms with Crippen LogP contribution in [0.25, 0.3) is 0 Å². The standard InChI is InChI=1S/C18H22N4O3S/c1-12-16(26-18(20-12)22-7-5-19-6-8-22)17(23)21-13-3-4-14-15(11-13)25-10-2-9-24-14/h3-4,11,19H,2,5-10H2,1H3,(H,21,23). The smallest absolute Gasteiger partial charge is 0.267 e. The number of amides is 1. The molecule has 0 unspecified atom stereocenters. The van der Waals surface area contributed by atoms with Crippen LogP contribution in [0.2, 0.25) is 0 Å². The van der Waals surface area contributed by atoms with E-state index in [2.05, 4.69) is 20.5 Å². The molecule has 2 aliphatic rings. The van der Waals surface area contributed by atoms with Gasteiger partial charge in [0.25, 0.3) is 5.91 Å². The minimum absolute atomic E-state index is 0.143. The number of aromatic nitrogens is 1. The monoisotopic (exact) mass is 374 g/mol. The molecule has 8 heteroatoms. The van der Waals surface area contributed by atoms with Gasteiger partial charge in [0.2, 0.25) is 0 Å². The number of nitrogens with one attached hydrogen (secondary N) is 2. The van der Waals surface area contributed by atoms with Crippen molar-refractivity contribution in [3.63, 3.8) is 0 Å². The Morgan fingerprint density at radius 1 is 1.23 bits per heavy atom. The van der Waals surface area contributed by atoms with Crippen LogP contribution in [0.15, 0.2) is 18.2 Å². The van der Waals surface area contributed by atoms with Crippen molar-refractivity contribution in [3.05, 3.63) is 28.8 Å². The van der Waals surface area contributed by atoms with Crippen LogP contribution in [0.4, 0.5) is 10.8 Å². The van der Waals surface area contributed by atoms with Crippen molar-refractivity contribution >= 4 is 28.1 Å². The van der Waals surface area contributed by atoms with E-state index in [4.69, 9.17) is 9.47 Å². The summed E-state index contributed by atoms with van der Waals surface area (Å²) in [6.07, 6.45) is 0.852. The first-order valence-corrected chi connectivity index (χ1v) is 9.66. The zero-order valence-electron chi connectivity index (χ0n) is 14.7. The number of hydrogen-bond acceptors (Lipinski definition) is 7. The van der Waals surface area contributed by atoms with Crippen LogP contribution in [-0.2, 0) is 0 Å². The van der Waals surface area contributed by atoms with Crippen molar-refractivity contribution in [3.8, 4) is 11.5 Å². The summed E-state index contributed by atoms with van der Waals surface area (Å²) >= 11 is 1.44. The van der Waals surface area contributed by atoms with Crippen LogP contribution < -0.4 is 25.0 Å². The summed E-state index contributed by atoms with van der Waals surface area (Å²) in [4.78, 5) is 20.2. The highest BCUT2D eigenvalue weighted by Crippen LogP contribution is 2.33. The number of anilines is 2. The van der Waals surface area contributed by atoms with E-state index in [0.29, 0.717) is 29.5 Å². The van der Waals surface area contributed by atoms with E-state index in [1.807, 2.05) is 25.1 Å². The molecule has 1 aromatic carbocycles. The molecule has 7 nitrogen and oxygen atoms in total. The largest absolute Gasteiger partial charge is 0.490 e. The molecule has 1 amide bonds. The molecule has 0 bridgehead atoms. The highest BCUT2D eigenvalue weighted by molar-refractivity contribution is 7.17. The van der Waals surface area contributed by atoms with Crippen LogP contribution in [0.1, 0.15) is 21.8 Å². The van der Waals surface area contributed by atoms with E-state index >= 15 is 0 Å². The Balaban J connectivity index is 1.49. The first-order chi connectivity index (χ1) is 12.7. The summed E-state index contributed by atoms with van der Waals surface area (Å²) in [5, 5.41) is 7.19. The minimum Gasteiger partial charge on any atom is -0.490 e. The highest BCUT2D eigenvalue weighted by atomic mass is 32.1. The first kappa shape index (κ1) is 17.1. The molecular weight excluding hydrogens is 352 g/mol. The number of hydrogen-bond donors (Lipinski definition) is 2. The summed E-state index contributed by atoms with van der Waals surface area (Å²) in [5.41, 5.74) is 1.45. The topological polar surface area (TPSA) is 75.7 Å². The molecule has 138 valence electrons. The van der Waals surface area contributed by atoms with Crippen molar-refractivity contribution in [1.82, 2.24) is 10.3 Å². The molecular formula is C18H22N4O3S. The molecule has 2 aliphatic heterocycles. The van der Waals surface area contributed by atoms with Gasteiger partial charge in [-0.1, -0.05) is 11.3 Å². The van der Waals surface area contributed by atoms with Crippen LogP contribution >= 0.6 is 11.3 Å². The first-order valence-electron chi connectivity index (χ1n) is 8.85. The average Bonchev–Trinajstić information content (AvgIpc) is 2.90. The predicted octanol–water partition coefficient (Wildman–Crippen LogP) is 2.27. The summed E-state index contributed by atoms with van der Waals surface area (Å²) in [6.45, 7) is 6.85. The van der Waals surface area contributed by atoms with Crippen LogP contribution in [0, 0.1) is 6.92 Å². The second kappa shape index (κ2) is 7.51. The fraction of sp³-hybridized carbons (Fsp3) is 0.444. The Morgan fingerprint density at radius 2 is 2.00 bits per heavy atom. The predicted molar refractivity (Wildman–Crippen MR) is 102 cm³/mol. The number of thiazole rings is 1. The van der Waals surface area contributed by atoms with Gasteiger partial charge in [-0.3, -0.25) is 4.79 Å². The van der Waals surface area contributed by atoms with Gasteiger partial charge in [0.15, 0.2) is 16.6 Å². The average molecular weight is 374 g/mol. The normalized spacial score (nSPS) is 16.9. The van der Waals surface area contributed by atoms with Gasteiger partial charge in [0, 0.05) is 44.4 Å². The maximum Gasteiger partial charge on any atom is 0.267 e. The zero-order chi connectivity index (χ0) is 17.9. The number of fused-ring (bicyclic) bond motifs is 1. The number of piperazine rings is 1. The van der Waals surface area contributed by atoms with Gasteiger partial charge < -0.3 is 25.0 Å².